The maximum Gasteiger partial charge on any atom is 0.307 e. The zero-order valence-corrected chi connectivity index (χ0v) is 16.4. The van der Waals surface area contributed by atoms with E-state index in [2.05, 4.69) is 50.2 Å². The zero-order chi connectivity index (χ0) is 19.9. The summed E-state index contributed by atoms with van der Waals surface area (Å²) < 4.78 is 6.04. The van der Waals surface area contributed by atoms with Crippen molar-refractivity contribution >= 4 is 5.97 Å². The number of aryl methyl sites for hydroxylation is 2. The molecule has 0 amide bonds. The number of aliphatic carboxylic acids is 1. The summed E-state index contributed by atoms with van der Waals surface area (Å²) in [6.45, 7) is 4.63. The van der Waals surface area contributed by atoms with E-state index in [-0.39, 0.29) is 6.42 Å². The van der Waals surface area contributed by atoms with E-state index in [9.17, 15) is 4.79 Å². The van der Waals surface area contributed by atoms with E-state index >= 15 is 0 Å². The summed E-state index contributed by atoms with van der Waals surface area (Å²) in [6.07, 6.45) is 1.85. The highest BCUT2D eigenvalue weighted by Crippen LogP contribution is 2.25. The van der Waals surface area contributed by atoms with Gasteiger partial charge < -0.3 is 9.84 Å². The summed E-state index contributed by atoms with van der Waals surface area (Å²) in [5.41, 5.74) is 6.56. The topological polar surface area (TPSA) is 46.5 Å². The lowest BCUT2D eigenvalue weighted by Crippen LogP contribution is -2.05. The molecule has 0 unspecified atom stereocenters. The van der Waals surface area contributed by atoms with Crippen molar-refractivity contribution in [3.05, 3.63) is 89.0 Å². The molecule has 3 rings (SSSR count). The van der Waals surface area contributed by atoms with Crippen LogP contribution in [0.1, 0.15) is 36.1 Å². The quantitative estimate of drug-likeness (QED) is 0.551. The van der Waals surface area contributed by atoms with E-state index in [1.165, 1.54) is 11.1 Å². The Hall–Kier alpha value is -3.07. The van der Waals surface area contributed by atoms with Crippen LogP contribution in [0.5, 0.6) is 5.75 Å². The van der Waals surface area contributed by atoms with Crippen LogP contribution in [0.2, 0.25) is 0 Å². The number of ether oxygens (including phenoxy) is 1. The highest BCUT2D eigenvalue weighted by molar-refractivity contribution is 5.71. The maximum atomic E-state index is 11.1. The van der Waals surface area contributed by atoms with Crippen molar-refractivity contribution in [2.24, 2.45) is 0 Å². The third-order valence-corrected chi connectivity index (χ3v) is 4.87. The molecule has 28 heavy (non-hydrogen) atoms. The minimum atomic E-state index is -0.855. The monoisotopic (exact) mass is 374 g/mol. The molecule has 0 bridgehead atoms. The number of carboxylic acids is 1. The normalized spacial score (nSPS) is 10.6. The Labute approximate surface area is 166 Å². The lowest BCUT2D eigenvalue weighted by molar-refractivity contribution is -0.136. The molecule has 0 saturated heterocycles. The molecule has 0 aliphatic rings. The lowest BCUT2D eigenvalue weighted by Gasteiger charge is -2.13. The van der Waals surface area contributed by atoms with Crippen molar-refractivity contribution in [1.29, 1.82) is 0 Å². The van der Waals surface area contributed by atoms with Crippen molar-refractivity contribution in [2.45, 2.75) is 39.7 Å². The number of carbonyl (C=O) groups is 1. The second-order valence-corrected chi connectivity index (χ2v) is 6.91. The fourth-order valence-corrected chi connectivity index (χ4v) is 3.23. The first-order valence-electron chi connectivity index (χ1n) is 9.73. The minimum Gasteiger partial charge on any atom is -0.489 e. The summed E-state index contributed by atoms with van der Waals surface area (Å²) in [6, 6.07) is 22.6. The van der Waals surface area contributed by atoms with Gasteiger partial charge in [-0.2, -0.15) is 0 Å². The third kappa shape index (κ3) is 5.01. The summed E-state index contributed by atoms with van der Waals surface area (Å²) in [5, 5.41) is 9.15. The van der Waals surface area contributed by atoms with E-state index in [0.29, 0.717) is 17.9 Å². The van der Waals surface area contributed by atoms with Crippen LogP contribution in [0.3, 0.4) is 0 Å². The molecule has 0 fully saturated rings. The van der Waals surface area contributed by atoms with Crippen LogP contribution in [0.25, 0.3) is 11.1 Å². The van der Waals surface area contributed by atoms with Crippen LogP contribution in [-0.4, -0.2) is 11.1 Å². The molecular weight excluding hydrogens is 348 g/mol. The van der Waals surface area contributed by atoms with Gasteiger partial charge in [-0.3, -0.25) is 4.79 Å². The zero-order valence-electron chi connectivity index (χ0n) is 16.4. The molecule has 0 aliphatic carbocycles. The molecular formula is C25H26O3. The smallest absolute Gasteiger partial charge is 0.307 e. The van der Waals surface area contributed by atoms with Crippen LogP contribution in [0, 0.1) is 0 Å². The Kier molecular flexibility index (Phi) is 6.49. The number of carboxylic acid groups (broad SMARTS) is 1. The fraction of sp³-hybridized carbons (Fsp3) is 0.240. The van der Waals surface area contributed by atoms with Gasteiger partial charge in [0.25, 0.3) is 0 Å². The molecule has 0 aliphatic heterocycles. The standard InChI is InChI=1S/C25H26O3/c1-3-18-7-5-9-21(13-18)22-10-6-8-20(14-22)17-28-24-15-19(4-2)11-12-23(24)16-25(26)27/h5-15H,3-4,16-17H2,1-2H3,(H,26,27). The Bertz CT molecular complexity index is 960. The molecule has 0 saturated carbocycles. The van der Waals surface area contributed by atoms with Crippen molar-refractivity contribution < 1.29 is 14.6 Å². The summed E-state index contributed by atoms with van der Waals surface area (Å²) in [7, 11) is 0. The molecule has 0 atom stereocenters. The number of hydrogen-bond donors (Lipinski definition) is 1. The van der Waals surface area contributed by atoms with Crippen LogP contribution >= 0.6 is 0 Å². The van der Waals surface area contributed by atoms with Gasteiger partial charge in [-0.05, 0) is 52.8 Å². The molecule has 0 spiro atoms. The summed E-state index contributed by atoms with van der Waals surface area (Å²) in [4.78, 5) is 11.1. The van der Waals surface area contributed by atoms with Gasteiger partial charge in [-0.15, -0.1) is 0 Å². The third-order valence-electron chi connectivity index (χ3n) is 4.87. The van der Waals surface area contributed by atoms with Crippen LogP contribution < -0.4 is 4.74 Å². The van der Waals surface area contributed by atoms with E-state index in [4.69, 9.17) is 9.84 Å². The van der Waals surface area contributed by atoms with Crippen LogP contribution in [-0.2, 0) is 30.7 Å². The lowest BCUT2D eigenvalue weighted by atomic mass is 10.0. The predicted molar refractivity (Wildman–Crippen MR) is 113 cm³/mol. The Morgan fingerprint density at radius 3 is 2.07 bits per heavy atom. The van der Waals surface area contributed by atoms with Gasteiger partial charge in [0.1, 0.15) is 12.4 Å². The Morgan fingerprint density at radius 2 is 1.43 bits per heavy atom. The van der Waals surface area contributed by atoms with Gasteiger partial charge in [0.05, 0.1) is 6.42 Å². The molecule has 0 heterocycles. The number of benzene rings is 3. The first kappa shape index (κ1) is 19.7. The molecule has 144 valence electrons. The average molecular weight is 374 g/mol. The summed E-state index contributed by atoms with van der Waals surface area (Å²) >= 11 is 0. The highest BCUT2D eigenvalue weighted by Gasteiger charge is 2.10. The first-order valence-corrected chi connectivity index (χ1v) is 9.73. The molecule has 3 aromatic carbocycles. The van der Waals surface area contributed by atoms with Gasteiger partial charge >= 0.3 is 5.97 Å². The van der Waals surface area contributed by atoms with E-state index in [1.807, 2.05) is 30.3 Å². The number of hydrogen-bond acceptors (Lipinski definition) is 2. The van der Waals surface area contributed by atoms with Gasteiger partial charge in [-0.25, -0.2) is 0 Å². The molecule has 3 aromatic rings. The average Bonchev–Trinajstić information content (AvgIpc) is 2.73. The second kappa shape index (κ2) is 9.23. The van der Waals surface area contributed by atoms with Crippen molar-refractivity contribution in [1.82, 2.24) is 0 Å². The van der Waals surface area contributed by atoms with E-state index in [1.54, 1.807) is 0 Å². The fourth-order valence-electron chi connectivity index (χ4n) is 3.23. The Balaban J connectivity index is 1.80. The van der Waals surface area contributed by atoms with Gasteiger partial charge in [0.15, 0.2) is 0 Å². The maximum absolute atomic E-state index is 11.1. The van der Waals surface area contributed by atoms with Crippen molar-refractivity contribution in [3.8, 4) is 16.9 Å². The van der Waals surface area contributed by atoms with Gasteiger partial charge in [-0.1, -0.05) is 68.4 Å². The highest BCUT2D eigenvalue weighted by atomic mass is 16.5. The SMILES string of the molecule is CCc1cccc(-c2cccc(COc3cc(CC)ccc3CC(=O)O)c2)c1. The second-order valence-electron chi connectivity index (χ2n) is 6.91. The van der Waals surface area contributed by atoms with Crippen molar-refractivity contribution in [3.63, 3.8) is 0 Å². The van der Waals surface area contributed by atoms with Crippen LogP contribution in [0.15, 0.2) is 66.7 Å². The molecule has 3 heteroatoms. The first-order chi connectivity index (χ1) is 13.6. The summed E-state index contributed by atoms with van der Waals surface area (Å²) in [5.74, 6) is -0.202. The molecule has 3 nitrogen and oxygen atoms in total. The molecule has 0 aromatic heterocycles. The van der Waals surface area contributed by atoms with E-state index < -0.39 is 5.97 Å². The predicted octanol–water partition coefficient (Wildman–Crippen LogP) is 5.68. The van der Waals surface area contributed by atoms with Crippen molar-refractivity contribution in [2.75, 3.05) is 0 Å². The molecule has 0 radical (unpaired) electrons. The van der Waals surface area contributed by atoms with Crippen LogP contribution in [0.4, 0.5) is 0 Å². The van der Waals surface area contributed by atoms with Gasteiger partial charge in [0, 0.05) is 5.56 Å². The van der Waals surface area contributed by atoms with Gasteiger partial charge in [0.2, 0.25) is 0 Å². The Morgan fingerprint density at radius 1 is 0.821 bits per heavy atom. The minimum absolute atomic E-state index is 0.0385. The largest absolute Gasteiger partial charge is 0.489 e. The number of rotatable bonds is 8. The van der Waals surface area contributed by atoms with E-state index in [0.717, 1.165) is 29.5 Å². The molecule has 1 N–H and O–H groups in total.